The molecule has 0 radical (unpaired) electrons. The summed E-state index contributed by atoms with van der Waals surface area (Å²) in [6, 6.07) is 4.01. The van der Waals surface area contributed by atoms with Crippen LogP contribution in [0.5, 0.6) is 0 Å². The fraction of sp³-hybridized carbons (Fsp3) is 0.556. The van der Waals surface area contributed by atoms with Crippen LogP contribution in [0, 0.1) is 20.8 Å². The van der Waals surface area contributed by atoms with Gasteiger partial charge in [0, 0.05) is 0 Å². The van der Waals surface area contributed by atoms with Crippen molar-refractivity contribution in [3.63, 3.8) is 0 Å². The van der Waals surface area contributed by atoms with Crippen LogP contribution < -0.4 is 0 Å². The second-order valence-electron chi connectivity index (χ2n) is 6.32. The minimum atomic E-state index is -0.628. The van der Waals surface area contributed by atoms with Crippen molar-refractivity contribution < 1.29 is 14.6 Å². The molecule has 0 aromatic heterocycles. The third-order valence-electron chi connectivity index (χ3n) is 4.25. The van der Waals surface area contributed by atoms with Crippen LogP contribution >= 0.6 is 12.2 Å². The Morgan fingerprint density at radius 2 is 2.00 bits per heavy atom. The van der Waals surface area contributed by atoms with E-state index >= 15 is 0 Å². The average Bonchev–Trinajstić information content (AvgIpc) is 2.79. The lowest BCUT2D eigenvalue weighted by Crippen LogP contribution is -2.36. The molecule has 1 aromatic rings. The van der Waals surface area contributed by atoms with Gasteiger partial charge < -0.3 is 9.84 Å². The number of carbonyl (C=O) groups is 1. The maximum absolute atomic E-state index is 12.6. The topological polar surface area (TPSA) is 49.8 Å². The molecule has 23 heavy (non-hydrogen) atoms. The van der Waals surface area contributed by atoms with E-state index in [-0.39, 0.29) is 23.5 Å². The number of amides is 1. The van der Waals surface area contributed by atoms with E-state index in [0.29, 0.717) is 13.0 Å². The number of aryl methyl sites for hydroxylation is 3. The number of rotatable bonds is 5. The van der Waals surface area contributed by atoms with Crippen LogP contribution in [0.2, 0.25) is 0 Å². The van der Waals surface area contributed by atoms with Crippen molar-refractivity contribution in [2.45, 2.75) is 59.1 Å². The highest BCUT2D eigenvalue weighted by atomic mass is 32.1. The van der Waals surface area contributed by atoms with E-state index in [1.807, 2.05) is 20.8 Å². The summed E-state index contributed by atoms with van der Waals surface area (Å²) in [6.07, 6.45) is 0.907. The molecule has 0 saturated carbocycles. The second-order valence-corrected chi connectivity index (χ2v) is 6.66. The van der Waals surface area contributed by atoms with E-state index in [0.717, 1.165) is 23.1 Å². The third kappa shape index (κ3) is 3.90. The normalized spacial score (nSPS) is 18.9. The SMILES string of the molecule is CCC[C@H](O)CC(=O)N1C(=S)OC[C@@H]1c1c(C)cc(C)cc1C. The van der Waals surface area contributed by atoms with E-state index in [2.05, 4.69) is 19.1 Å². The standard InChI is InChI=1S/C18H25NO3S/c1-5-6-14(20)9-16(21)19-15(10-22-18(19)23)17-12(3)7-11(2)8-13(17)4/h7-8,14-15,20H,5-6,9-10H2,1-4H3/t14-,15+/m0/s1. The summed E-state index contributed by atoms with van der Waals surface area (Å²) in [5.74, 6) is -0.169. The van der Waals surface area contributed by atoms with Crippen LogP contribution in [0.4, 0.5) is 0 Å². The molecular formula is C18H25NO3S. The molecule has 1 fully saturated rings. The van der Waals surface area contributed by atoms with E-state index in [1.165, 1.54) is 5.56 Å². The summed E-state index contributed by atoms with van der Waals surface area (Å²) in [7, 11) is 0. The Balaban J connectivity index is 2.28. The average molecular weight is 335 g/mol. The molecule has 1 aliphatic rings. The zero-order valence-corrected chi connectivity index (χ0v) is 15.1. The van der Waals surface area contributed by atoms with Gasteiger partial charge in [0.25, 0.3) is 5.17 Å². The first-order valence-corrected chi connectivity index (χ1v) is 8.50. The van der Waals surface area contributed by atoms with Crippen LogP contribution in [0.3, 0.4) is 0 Å². The Hall–Kier alpha value is -1.46. The lowest BCUT2D eigenvalue weighted by molar-refractivity contribution is -0.130. The lowest BCUT2D eigenvalue weighted by Gasteiger charge is -2.25. The predicted octanol–water partition coefficient (Wildman–Crippen LogP) is 3.35. The molecule has 1 amide bonds. The summed E-state index contributed by atoms with van der Waals surface area (Å²) in [4.78, 5) is 14.2. The zero-order chi connectivity index (χ0) is 17.1. The van der Waals surface area contributed by atoms with Crippen LogP contribution in [0.1, 0.15) is 54.5 Å². The van der Waals surface area contributed by atoms with Crippen molar-refractivity contribution in [1.82, 2.24) is 4.90 Å². The monoisotopic (exact) mass is 335 g/mol. The molecule has 126 valence electrons. The van der Waals surface area contributed by atoms with E-state index in [4.69, 9.17) is 17.0 Å². The maximum atomic E-state index is 12.6. The maximum Gasteiger partial charge on any atom is 0.266 e. The lowest BCUT2D eigenvalue weighted by atomic mass is 9.93. The molecule has 0 unspecified atom stereocenters. The fourth-order valence-corrected chi connectivity index (χ4v) is 3.66. The number of aliphatic hydroxyl groups is 1. The number of hydrogen-bond donors (Lipinski definition) is 1. The van der Waals surface area contributed by atoms with Gasteiger partial charge in [0.2, 0.25) is 5.91 Å². The Bertz CT molecular complexity index is 591. The van der Waals surface area contributed by atoms with Crippen LogP contribution in [-0.4, -0.2) is 33.8 Å². The Kier molecular flexibility index (Phi) is 5.76. The van der Waals surface area contributed by atoms with Crippen molar-refractivity contribution in [2.75, 3.05) is 6.61 Å². The third-order valence-corrected chi connectivity index (χ3v) is 4.56. The van der Waals surface area contributed by atoms with Crippen LogP contribution in [0.25, 0.3) is 0 Å². The number of nitrogens with zero attached hydrogens (tertiary/aromatic N) is 1. The van der Waals surface area contributed by atoms with E-state index in [9.17, 15) is 9.90 Å². The van der Waals surface area contributed by atoms with Crippen LogP contribution in [0.15, 0.2) is 12.1 Å². The van der Waals surface area contributed by atoms with Gasteiger partial charge >= 0.3 is 0 Å². The number of carbonyl (C=O) groups excluding carboxylic acids is 1. The molecule has 1 N–H and O–H groups in total. The minimum Gasteiger partial charge on any atom is -0.468 e. The Labute approximate surface area is 143 Å². The largest absolute Gasteiger partial charge is 0.468 e. The van der Waals surface area contributed by atoms with Gasteiger partial charge in [-0.2, -0.15) is 0 Å². The molecule has 5 heteroatoms. The Morgan fingerprint density at radius 1 is 1.39 bits per heavy atom. The van der Waals surface area contributed by atoms with Gasteiger partial charge in [0.1, 0.15) is 12.6 Å². The highest BCUT2D eigenvalue weighted by Crippen LogP contribution is 2.33. The zero-order valence-electron chi connectivity index (χ0n) is 14.3. The highest BCUT2D eigenvalue weighted by molar-refractivity contribution is 7.80. The quantitative estimate of drug-likeness (QED) is 0.839. The van der Waals surface area contributed by atoms with E-state index < -0.39 is 6.10 Å². The first-order valence-electron chi connectivity index (χ1n) is 8.09. The van der Waals surface area contributed by atoms with Gasteiger partial charge in [-0.1, -0.05) is 31.0 Å². The van der Waals surface area contributed by atoms with Gasteiger partial charge in [-0.05, 0) is 56.1 Å². The molecule has 2 atom stereocenters. The summed E-state index contributed by atoms with van der Waals surface area (Å²) in [5, 5.41) is 10.1. The summed E-state index contributed by atoms with van der Waals surface area (Å²) < 4.78 is 5.49. The molecule has 0 bridgehead atoms. The fourth-order valence-electron chi connectivity index (χ4n) is 3.36. The van der Waals surface area contributed by atoms with Gasteiger partial charge in [-0.3, -0.25) is 9.69 Å². The number of hydrogen-bond acceptors (Lipinski definition) is 4. The van der Waals surface area contributed by atoms with E-state index in [1.54, 1.807) is 4.90 Å². The minimum absolute atomic E-state index is 0.0811. The smallest absolute Gasteiger partial charge is 0.266 e. The summed E-state index contributed by atoms with van der Waals surface area (Å²) >= 11 is 5.22. The molecular weight excluding hydrogens is 310 g/mol. The van der Waals surface area contributed by atoms with Crippen LogP contribution in [-0.2, 0) is 9.53 Å². The second kappa shape index (κ2) is 7.41. The first kappa shape index (κ1) is 17.9. The van der Waals surface area contributed by atoms with Gasteiger partial charge in [0.05, 0.1) is 12.5 Å². The first-order chi connectivity index (χ1) is 10.8. The number of thiocarbonyl (C=S) groups is 1. The molecule has 1 aromatic carbocycles. The van der Waals surface area contributed by atoms with Gasteiger partial charge in [-0.25, -0.2) is 0 Å². The van der Waals surface area contributed by atoms with Crippen molar-refractivity contribution in [3.8, 4) is 0 Å². The highest BCUT2D eigenvalue weighted by Gasteiger charge is 2.38. The Morgan fingerprint density at radius 3 is 2.57 bits per heavy atom. The van der Waals surface area contributed by atoms with Gasteiger partial charge in [-0.15, -0.1) is 0 Å². The molecule has 4 nitrogen and oxygen atoms in total. The summed E-state index contributed by atoms with van der Waals surface area (Å²) in [6.45, 7) is 8.51. The molecule has 1 heterocycles. The molecule has 1 saturated heterocycles. The van der Waals surface area contributed by atoms with Crippen molar-refractivity contribution in [3.05, 3.63) is 34.4 Å². The van der Waals surface area contributed by atoms with Crippen molar-refractivity contribution in [2.24, 2.45) is 0 Å². The summed E-state index contributed by atoms with van der Waals surface area (Å²) in [5.41, 5.74) is 4.55. The molecule has 1 aliphatic heterocycles. The van der Waals surface area contributed by atoms with Crippen molar-refractivity contribution in [1.29, 1.82) is 0 Å². The molecule has 2 rings (SSSR count). The number of ether oxygens (including phenoxy) is 1. The molecule has 0 aliphatic carbocycles. The number of aliphatic hydroxyl groups excluding tert-OH is 1. The molecule has 0 spiro atoms. The van der Waals surface area contributed by atoms with Crippen molar-refractivity contribution >= 4 is 23.3 Å². The van der Waals surface area contributed by atoms with Gasteiger partial charge in [0.15, 0.2) is 0 Å². The predicted molar refractivity (Wildman–Crippen MR) is 94.3 cm³/mol. The number of benzene rings is 1.